The van der Waals surface area contributed by atoms with Gasteiger partial charge in [0.25, 0.3) is 0 Å². The molecule has 0 amide bonds. The number of rotatable bonds is 5. The van der Waals surface area contributed by atoms with Crippen molar-refractivity contribution in [3.05, 3.63) is 259 Å². The van der Waals surface area contributed by atoms with Crippen molar-refractivity contribution in [2.75, 3.05) is 4.90 Å². The van der Waals surface area contributed by atoms with Gasteiger partial charge in [-0.2, -0.15) is 0 Å². The van der Waals surface area contributed by atoms with E-state index in [4.69, 9.17) is 0 Å². The third-order valence-electron chi connectivity index (χ3n) is 13.7. The Balaban J connectivity index is 1.08. The lowest BCUT2D eigenvalue weighted by molar-refractivity contribution is 0.794. The van der Waals surface area contributed by atoms with Gasteiger partial charge in [-0.3, -0.25) is 0 Å². The zero-order chi connectivity index (χ0) is 40.8. The van der Waals surface area contributed by atoms with Crippen LogP contribution in [0, 0.1) is 0 Å². The second-order valence-corrected chi connectivity index (χ2v) is 16.7. The molecule has 0 atom stereocenters. The normalized spacial score (nSPS) is 13.0. The monoisotopic (exact) mass is 785 g/mol. The first kappa shape index (κ1) is 34.8. The molecule has 2 aliphatic rings. The van der Waals surface area contributed by atoms with Crippen molar-refractivity contribution in [3.8, 4) is 44.5 Å². The van der Waals surface area contributed by atoms with Gasteiger partial charge in [-0.1, -0.05) is 206 Å². The second kappa shape index (κ2) is 13.5. The van der Waals surface area contributed by atoms with Crippen LogP contribution in [-0.4, -0.2) is 0 Å². The molecule has 0 bridgehead atoms. The minimum atomic E-state index is -0.443. The average Bonchev–Trinajstić information content (AvgIpc) is 3.83. The summed E-state index contributed by atoms with van der Waals surface area (Å²) < 4.78 is 0. The Bertz CT molecular complexity index is 3500. The fourth-order valence-corrected chi connectivity index (χ4v) is 11.1. The van der Waals surface area contributed by atoms with Crippen LogP contribution in [0.15, 0.2) is 237 Å². The van der Waals surface area contributed by atoms with Gasteiger partial charge in [0.2, 0.25) is 0 Å². The Morgan fingerprint density at radius 1 is 0.258 bits per heavy atom. The number of hydrogen-bond acceptors (Lipinski definition) is 1. The summed E-state index contributed by atoms with van der Waals surface area (Å²) in [4.78, 5) is 2.52. The molecule has 0 N–H and O–H groups in total. The molecule has 1 spiro atoms. The largest absolute Gasteiger partial charge is 0.310 e. The highest BCUT2D eigenvalue weighted by atomic mass is 15.1. The molecule has 0 saturated carbocycles. The molecular weight excluding hydrogens is 747 g/mol. The first-order valence-electron chi connectivity index (χ1n) is 21.6. The Labute approximate surface area is 361 Å². The van der Waals surface area contributed by atoms with Crippen molar-refractivity contribution in [2.45, 2.75) is 5.41 Å². The van der Waals surface area contributed by atoms with Gasteiger partial charge in [0.05, 0.1) is 11.1 Å². The van der Waals surface area contributed by atoms with Crippen molar-refractivity contribution in [1.82, 2.24) is 0 Å². The Morgan fingerprint density at radius 3 is 1.34 bits per heavy atom. The number of fused-ring (bicyclic) bond motifs is 16. The summed E-state index contributed by atoms with van der Waals surface area (Å²) in [7, 11) is 0. The number of hydrogen-bond donors (Lipinski definition) is 0. The van der Waals surface area contributed by atoms with Gasteiger partial charge in [-0.15, -0.1) is 0 Å². The molecule has 288 valence electrons. The van der Waals surface area contributed by atoms with E-state index in [0.29, 0.717) is 0 Å². The quantitative estimate of drug-likeness (QED) is 0.157. The van der Waals surface area contributed by atoms with Gasteiger partial charge in [0, 0.05) is 16.9 Å². The fourth-order valence-electron chi connectivity index (χ4n) is 11.1. The molecule has 0 saturated heterocycles. The van der Waals surface area contributed by atoms with Crippen LogP contribution in [0.5, 0.6) is 0 Å². The number of anilines is 3. The van der Waals surface area contributed by atoms with E-state index in [-0.39, 0.29) is 0 Å². The van der Waals surface area contributed by atoms with Crippen molar-refractivity contribution in [3.63, 3.8) is 0 Å². The summed E-state index contributed by atoms with van der Waals surface area (Å²) in [5, 5.41) is 7.60. The third kappa shape index (κ3) is 4.91. The number of nitrogens with zero attached hydrogens (tertiary/aromatic N) is 1. The van der Waals surface area contributed by atoms with Crippen LogP contribution in [-0.2, 0) is 5.41 Å². The van der Waals surface area contributed by atoms with Crippen molar-refractivity contribution in [2.24, 2.45) is 0 Å². The standard InChI is InChI=1S/C61H39N/c1-2-16-40(17-3-1)41-32-34-42(35-33-41)43-18-14-19-44(38-43)62(45-36-37-50-48-22-5-4-20-46(48)47-21-6-7-23-49(47)54(50)39-45)59-31-15-30-58-60(59)53-26-10-13-29-57(53)61(58)55-27-11-8-24-51(55)52-25-9-12-28-56(52)61/h1-39H. The molecular formula is C61H39N. The lowest BCUT2D eigenvalue weighted by atomic mass is 9.70. The van der Waals surface area contributed by atoms with Crippen molar-refractivity contribution >= 4 is 49.4 Å². The van der Waals surface area contributed by atoms with Gasteiger partial charge < -0.3 is 4.90 Å². The summed E-state index contributed by atoms with van der Waals surface area (Å²) in [6.07, 6.45) is 0. The highest BCUT2D eigenvalue weighted by molar-refractivity contribution is 6.26. The topological polar surface area (TPSA) is 3.24 Å². The predicted octanol–water partition coefficient (Wildman–Crippen LogP) is 16.3. The lowest BCUT2D eigenvalue weighted by Crippen LogP contribution is -2.26. The van der Waals surface area contributed by atoms with Crippen molar-refractivity contribution in [1.29, 1.82) is 0 Å². The summed E-state index contributed by atoms with van der Waals surface area (Å²) in [6.45, 7) is 0. The highest BCUT2D eigenvalue weighted by Gasteiger charge is 2.52. The molecule has 0 radical (unpaired) electrons. The average molecular weight is 786 g/mol. The molecule has 2 aliphatic carbocycles. The molecule has 0 aromatic heterocycles. The zero-order valence-corrected chi connectivity index (χ0v) is 34.0. The Morgan fingerprint density at radius 2 is 0.694 bits per heavy atom. The van der Waals surface area contributed by atoms with Crippen LogP contribution in [0.3, 0.4) is 0 Å². The van der Waals surface area contributed by atoms with E-state index in [0.717, 1.165) is 17.1 Å². The van der Waals surface area contributed by atoms with E-state index >= 15 is 0 Å². The third-order valence-corrected chi connectivity index (χ3v) is 13.7. The van der Waals surface area contributed by atoms with Crippen LogP contribution in [0.1, 0.15) is 22.3 Å². The van der Waals surface area contributed by atoms with Gasteiger partial charge in [0.1, 0.15) is 0 Å². The van der Waals surface area contributed by atoms with E-state index in [1.807, 2.05) is 0 Å². The first-order valence-corrected chi connectivity index (χ1v) is 21.6. The molecule has 1 nitrogen and oxygen atoms in total. The minimum Gasteiger partial charge on any atom is -0.310 e. The van der Waals surface area contributed by atoms with Crippen molar-refractivity contribution < 1.29 is 0 Å². The Hall–Kier alpha value is -8.00. The second-order valence-electron chi connectivity index (χ2n) is 16.7. The van der Waals surface area contributed by atoms with Crippen LogP contribution in [0.4, 0.5) is 17.1 Å². The molecule has 0 fully saturated rings. The summed E-state index contributed by atoms with van der Waals surface area (Å²) in [6, 6.07) is 87.9. The molecule has 11 aromatic carbocycles. The summed E-state index contributed by atoms with van der Waals surface area (Å²) in [5.74, 6) is 0. The highest BCUT2D eigenvalue weighted by Crippen LogP contribution is 2.64. The zero-order valence-electron chi connectivity index (χ0n) is 34.0. The summed E-state index contributed by atoms with van der Waals surface area (Å²) in [5.41, 5.74) is 18.3. The SMILES string of the molecule is c1ccc(-c2ccc(-c3cccc(N(c4ccc5c6ccccc6c6ccccc6c5c4)c4cccc5c4-c4ccccc4C54c5ccccc5-c5ccccc54)c3)cc2)cc1. The molecule has 1 heteroatoms. The van der Waals surface area contributed by atoms with E-state index in [9.17, 15) is 0 Å². The molecule has 13 rings (SSSR count). The molecule has 11 aromatic rings. The maximum absolute atomic E-state index is 2.52. The van der Waals surface area contributed by atoms with E-state index in [2.05, 4.69) is 241 Å². The molecule has 0 heterocycles. The van der Waals surface area contributed by atoms with E-state index in [1.165, 1.54) is 99.1 Å². The van der Waals surface area contributed by atoms with E-state index in [1.54, 1.807) is 0 Å². The van der Waals surface area contributed by atoms with Crippen LogP contribution >= 0.6 is 0 Å². The van der Waals surface area contributed by atoms with Gasteiger partial charge in [-0.05, 0) is 124 Å². The van der Waals surface area contributed by atoms with Gasteiger partial charge in [0.15, 0.2) is 0 Å². The fraction of sp³-hybridized carbons (Fsp3) is 0.0164. The van der Waals surface area contributed by atoms with Crippen LogP contribution in [0.2, 0.25) is 0 Å². The smallest absolute Gasteiger partial charge is 0.0726 e. The van der Waals surface area contributed by atoms with Gasteiger partial charge >= 0.3 is 0 Å². The summed E-state index contributed by atoms with van der Waals surface area (Å²) >= 11 is 0. The molecule has 0 aliphatic heterocycles. The van der Waals surface area contributed by atoms with Gasteiger partial charge in [-0.25, -0.2) is 0 Å². The maximum Gasteiger partial charge on any atom is 0.0726 e. The molecule has 62 heavy (non-hydrogen) atoms. The first-order chi connectivity index (χ1) is 30.8. The molecule has 0 unspecified atom stereocenters. The maximum atomic E-state index is 2.52. The van der Waals surface area contributed by atoms with Crippen LogP contribution < -0.4 is 4.90 Å². The van der Waals surface area contributed by atoms with E-state index < -0.39 is 5.41 Å². The van der Waals surface area contributed by atoms with Crippen LogP contribution in [0.25, 0.3) is 76.8 Å². The predicted molar refractivity (Wildman–Crippen MR) is 261 cm³/mol. The lowest BCUT2D eigenvalue weighted by Gasteiger charge is -2.32. The Kier molecular flexibility index (Phi) is 7.59. The number of benzene rings is 11. The minimum absolute atomic E-state index is 0.443.